The van der Waals surface area contributed by atoms with E-state index in [4.69, 9.17) is 0 Å². The lowest BCUT2D eigenvalue weighted by Crippen LogP contribution is -2.30. The van der Waals surface area contributed by atoms with E-state index >= 15 is 0 Å². The van der Waals surface area contributed by atoms with Gasteiger partial charge in [0.25, 0.3) is 0 Å². The first-order valence-electron chi connectivity index (χ1n) is 5.52. The second-order valence-corrected chi connectivity index (χ2v) is 10.0. The fourth-order valence-corrected chi connectivity index (χ4v) is 3.39. The number of aromatic nitrogens is 1. The Bertz CT molecular complexity index is 549. The molecule has 0 saturated heterocycles. The standard InChI is InChI=1S/C13H17NOSi/c1-10(15)11-5-6-13-12(9-11)7-8-14(13)16(2,3)4/h5-9H,1-4H3. The lowest BCUT2D eigenvalue weighted by Gasteiger charge is -2.20. The summed E-state index contributed by atoms with van der Waals surface area (Å²) in [5.41, 5.74) is 2.03. The fourth-order valence-electron chi connectivity index (χ4n) is 1.95. The van der Waals surface area contributed by atoms with Crippen LogP contribution in [-0.2, 0) is 0 Å². The van der Waals surface area contributed by atoms with Gasteiger partial charge in [-0.25, -0.2) is 0 Å². The maximum atomic E-state index is 11.3. The minimum atomic E-state index is -1.36. The normalized spacial score (nSPS) is 12.0. The number of rotatable bonds is 2. The molecule has 2 nitrogen and oxygen atoms in total. The van der Waals surface area contributed by atoms with Crippen molar-refractivity contribution in [3.05, 3.63) is 36.0 Å². The summed E-state index contributed by atoms with van der Waals surface area (Å²) < 4.78 is 2.37. The van der Waals surface area contributed by atoms with Gasteiger partial charge >= 0.3 is 0 Å². The average molecular weight is 231 g/mol. The van der Waals surface area contributed by atoms with Crippen molar-refractivity contribution in [1.29, 1.82) is 0 Å². The van der Waals surface area contributed by atoms with Crippen molar-refractivity contribution < 1.29 is 4.79 Å². The third kappa shape index (κ3) is 1.83. The maximum Gasteiger partial charge on any atom is 0.159 e. The zero-order valence-electron chi connectivity index (χ0n) is 10.2. The molecule has 0 unspecified atom stereocenters. The Morgan fingerprint density at radius 1 is 1.19 bits per heavy atom. The highest BCUT2D eigenvalue weighted by Gasteiger charge is 2.18. The zero-order chi connectivity index (χ0) is 11.9. The summed E-state index contributed by atoms with van der Waals surface area (Å²) >= 11 is 0. The van der Waals surface area contributed by atoms with E-state index in [2.05, 4.69) is 42.2 Å². The van der Waals surface area contributed by atoms with E-state index in [0.29, 0.717) is 0 Å². The van der Waals surface area contributed by atoms with E-state index in [1.54, 1.807) is 6.92 Å². The van der Waals surface area contributed by atoms with Gasteiger partial charge in [-0.05, 0) is 42.8 Å². The van der Waals surface area contributed by atoms with E-state index in [9.17, 15) is 4.79 Å². The molecule has 0 saturated carbocycles. The first kappa shape index (κ1) is 11.1. The molecule has 2 rings (SSSR count). The van der Waals surface area contributed by atoms with Crippen LogP contribution in [0.1, 0.15) is 17.3 Å². The number of hydrogen-bond donors (Lipinski definition) is 0. The van der Waals surface area contributed by atoms with Crippen LogP contribution in [0.5, 0.6) is 0 Å². The molecule has 16 heavy (non-hydrogen) atoms. The summed E-state index contributed by atoms with van der Waals surface area (Å²) in [5, 5.41) is 1.16. The van der Waals surface area contributed by atoms with Crippen LogP contribution in [0.25, 0.3) is 10.9 Å². The van der Waals surface area contributed by atoms with Crippen molar-refractivity contribution in [3.63, 3.8) is 0 Å². The summed E-state index contributed by atoms with van der Waals surface area (Å²) in [5.74, 6) is 0.127. The van der Waals surface area contributed by atoms with Crippen molar-refractivity contribution >= 4 is 24.9 Å². The Hall–Kier alpha value is -1.35. The number of Topliss-reactive ketones (excluding diaryl/α,β-unsaturated/α-hetero) is 1. The SMILES string of the molecule is CC(=O)c1ccc2c(ccn2[Si](C)(C)C)c1. The van der Waals surface area contributed by atoms with Gasteiger partial charge in [0.1, 0.15) is 0 Å². The molecular weight excluding hydrogens is 214 g/mol. The predicted molar refractivity (Wildman–Crippen MR) is 70.7 cm³/mol. The van der Waals surface area contributed by atoms with Crippen LogP contribution < -0.4 is 0 Å². The topological polar surface area (TPSA) is 22.0 Å². The van der Waals surface area contributed by atoms with Crippen molar-refractivity contribution in [2.45, 2.75) is 26.6 Å². The van der Waals surface area contributed by atoms with Crippen molar-refractivity contribution in [1.82, 2.24) is 4.23 Å². The largest absolute Gasteiger partial charge is 0.375 e. The molecule has 1 aromatic carbocycles. The molecule has 0 aliphatic heterocycles. The first-order valence-corrected chi connectivity index (χ1v) is 8.97. The lowest BCUT2D eigenvalue weighted by atomic mass is 10.1. The van der Waals surface area contributed by atoms with Crippen molar-refractivity contribution in [2.24, 2.45) is 0 Å². The molecule has 3 heteroatoms. The lowest BCUT2D eigenvalue weighted by molar-refractivity contribution is 0.101. The number of nitrogens with zero attached hydrogens (tertiary/aromatic N) is 1. The molecular formula is C13H17NOSi. The highest BCUT2D eigenvalue weighted by atomic mass is 28.3. The van der Waals surface area contributed by atoms with E-state index < -0.39 is 8.24 Å². The third-order valence-electron chi connectivity index (χ3n) is 2.82. The van der Waals surface area contributed by atoms with E-state index in [-0.39, 0.29) is 5.78 Å². The van der Waals surface area contributed by atoms with Crippen LogP contribution in [0.3, 0.4) is 0 Å². The van der Waals surface area contributed by atoms with Gasteiger partial charge in [-0.15, -0.1) is 0 Å². The number of carbonyl (C=O) groups is 1. The van der Waals surface area contributed by atoms with Gasteiger partial charge in [0.2, 0.25) is 0 Å². The van der Waals surface area contributed by atoms with Gasteiger partial charge in [0, 0.05) is 11.1 Å². The molecule has 1 heterocycles. The van der Waals surface area contributed by atoms with E-state index in [1.807, 2.05) is 12.1 Å². The molecule has 2 aromatic rings. The quantitative estimate of drug-likeness (QED) is 0.572. The summed E-state index contributed by atoms with van der Waals surface area (Å²) in [4.78, 5) is 11.3. The summed E-state index contributed by atoms with van der Waals surface area (Å²) in [6.45, 7) is 8.54. The molecule has 0 amide bonds. The fraction of sp³-hybridized carbons (Fsp3) is 0.308. The Morgan fingerprint density at radius 3 is 2.44 bits per heavy atom. The van der Waals surface area contributed by atoms with Gasteiger partial charge in [-0.2, -0.15) is 0 Å². The van der Waals surface area contributed by atoms with Crippen LogP contribution >= 0.6 is 0 Å². The second-order valence-electron chi connectivity index (χ2n) is 5.19. The molecule has 0 fully saturated rings. The number of ketones is 1. The van der Waals surface area contributed by atoms with Crippen LogP contribution in [0, 0.1) is 0 Å². The van der Waals surface area contributed by atoms with Gasteiger partial charge in [0.15, 0.2) is 14.0 Å². The summed E-state index contributed by atoms with van der Waals surface area (Å²) in [6.07, 6.45) is 2.14. The van der Waals surface area contributed by atoms with Crippen LogP contribution in [0.15, 0.2) is 30.5 Å². The van der Waals surface area contributed by atoms with Crippen LogP contribution in [0.4, 0.5) is 0 Å². The number of carbonyl (C=O) groups excluding carboxylic acids is 1. The highest BCUT2D eigenvalue weighted by molar-refractivity contribution is 6.75. The number of benzene rings is 1. The number of hydrogen-bond acceptors (Lipinski definition) is 1. The van der Waals surface area contributed by atoms with Crippen LogP contribution in [-0.4, -0.2) is 18.3 Å². The molecule has 0 aliphatic rings. The smallest absolute Gasteiger partial charge is 0.159 e. The van der Waals surface area contributed by atoms with Crippen molar-refractivity contribution in [2.75, 3.05) is 0 Å². The molecule has 0 spiro atoms. The van der Waals surface area contributed by atoms with Gasteiger partial charge in [0.05, 0.1) is 0 Å². The highest BCUT2D eigenvalue weighted by Crippen LogP contribution is 2.21. The van der Waals surface area contributed by atoms with Gasteiger partial charge < -0.3 is 4.23 Å². The average Bonchev–Trinajstić information content (AvgIpc) is 2.58. The summed E-state index contributed by atoms with van der Waals surface area (Å²) in [7, 11) is -1.36. The Balaban J connectivity index is 2.64. The zero-order valence-corrected chi connectivity index (χ0v) is 11.2. The molecule has 0 bridgehead atoms. The molecule has 0 aliphatic carbocycles. The molecule has 0 radical (unpaired) electrons. The number of fused-ring (bicyclic) bond motifs is 1. The Morgan fingerprint density at radius 2 is 1.88 bits per heavy atom. The minimum Gasteiger partial charge on any atom is -0.375 e. The third-order valence-corrected chi connectivity index (χ3v) is 4.65. The molecule has 84 valence electrons. The molecule has 1 aromatic heterocycles. The first-order chi connectivity index (χ1) is 7.39. The maximum absolute atomic E-state index is 11.3. The monoisotopic (exact) mass is 231 g/mol. The van der Waals surface area contributed by atoms with Crippen molar-refractivity contribution in [3.8, 4) is 0 Å². The summed E-state index contributed by atoms with van der Waals surface area (Å²) in [6, 6.07) is 8.06. The Labute approximate surface area is 97.0 Å². The van der Waals surface area contributed by atoms with E-state index in [0.717, 1.165) is 10.9 Å². The van der Waals surface area contributed by atoms with Crippen LogP contribution in [0.2, 0.25) is 19.6 Å². The van der Waals surface area contributed by atoms with Gasteiger partial charge in [-0.3, -0.25) is 4.79 Å². The molecule has 0 N–H and O–H groups in total. The van der Waals surface area contributed by atoms with E-state index in [1.165, 1.54) is 5.52 Å². The Kier molecular flexibility index (Phi) is 2.50. The molecule has 0 atom stereocenters. The minimum absolute atomic E-state index is 0.127. The second kappa shape index (κ2) is 3.59. The van der Waals surface area contributed by atoms with Gasteiger partial charge in [-0.1, -0.05) is 19.6 Å². The predicted octanol–water partition coefficient (Wildman–Crippen LogP) is 3.53.